The Labute approximate surface area is 227 Å². The molecule has 0 saturated heterocycles. The number of carboxylic acids is 2. The molecule has 0 saturated carbocycles. The Balaban J connectivity index is 1.59. The van der Waals surface area contributed by atoms with Crippen LogP contribution in [0.15, 0.2) is 93.3 Å². The topological polar surface area (TPSA) is 183 Å². The van der Waals surface area contributed by atoms with Crippen molar-refractivity contribution in [2.75, 3.05) is 14.2 Å². The predicted octanol–water partition coefficient (Wildman–Crippen LogP) is 7.01. The molecule has 0 amide bonds. The van der Waals surface area contributed by atoms with Crippen molar-refractivity contribution in [1.29, 1.82) is 0 Å². The number of azo groups is 2. The van der Waals surface area contributed by atoms with E-state index in [0.29, 0.717) is 22.9 Å². The largest absolute Gasteiger partial charge is 0.507 e. The molecule has 12 heteroatoms. The highest BCUT2D eigenvalue weighted by Gasteiger charge is 2.13. The fraction of sp³-hybridized carbons (Fsp3) is 0.0714. The molecule has 4 aromatic rings. The Kier molecular flexibility index (Phi) is 7.99. The van der Waals surface area contributed by atoms with Crippen molar-refractivity contribution in [2.45, 2.75) is 0 Å². The molecule has 0 aliphatic carbocycles. The van der Waals surface area contributed by atoms with Crippen LogP contribution in [0.4, 0.5) is 22.7 Å². The summed E-state index contributed by atoms with van der Waals surface area (Å²) in [5.74, 6) is -2.50. The van der Waals surface area contributed by atoms with Gasteiger partial charge >= 0.3 is 11.9 Å². The molecular formula is C28H22N4O8. The number of carbonyl (C=O) groups is 2. The maximum Gasteiger partial charge on any atom is 0.339 e. The first-order chi connectivity index (χ1) is 19.2. The highest BCUT2D eigenvalue weighted by atomic mass is 16.5. The highest BCUT2D eigenvalue weighted by molar-refractivity contribution is 5.92. The molecule has 40 heavy (non-hydrogen) atoms. The van der Waals surface area contributed by atoms with Gasteiger partial charge in [-0.2, -0.15) is 10.2 Å². The van der Waals surface area contributed by atoms with Crippen LogP contribution in [0.5, 0.6) is 23.0 Å². The molecule has 0 heterocycles. The monoisotopic (exact) mass is 542 g/mol. The molecule has 4 rings (SSSR count). The average Bonchev–Trinajstić information content (AvgIpc) is 2.95. The number of aromatic carboxylic acids is 2. The number of hydrogen-bond acceptors (Lipinski definition) is 10. The molecule has 4 N–H and O–H groups in total. The SMILES string of the molecule is COc1cc(-c2ccc(N=Nc3ccc(O)c(C(=O)O)c3)c(OC)c2)ccc1N=Nc1ccc(O)c(C(=O)O)c1. The maximum atomic E-state index is 11.2. The molecule has 0 unspecified atom stereocenters. The zero-order valence-electron chi connectivity index (χ0n) is 21.1. The first kappa shape index (κ1) is 27.3. The van der Waals surface area contributed by atoms with Crippen LogP contribution in [0.2, 0.25) is 0 Å². The van der Waals surface area contributed by atoms with Crippen molar-refractivity contribution in [1.82, 2.24) is 0 Å². The summed E-state index contributed by atoms with van der Waals surface area (Å²) in [6.45, 7) is 0. The predicted molar refractivity (Wildman–Crippen MR) is 143 cm³/mol. The first-order valence-corrected chi connectivity index (χ1v) is 11.5. The zero-order valence-corrected chi connectivity index (χ0v) is 21.1. The van der Waals surface area contributed by atoms with E-state index in [1.54, 1.807) is 36.4 Å². The lowest BCUT2D eigenvalue weighted by atomic mass is 10.0. The van der Waals surface area contributed by atoms with E-state index in [4.69, 9.17) is 19.7 Å². The molecule has 0 atom stereocenters. The third kappa shape index (κ3) is 6.02. The fourth-order valence-electron chi connectivity index (χ4n) is 3.62. The molecular weight excluding hydrogens is 520 g/mol. The summed E-state index contributed by atoms with van der Waals surface area (Å²) in [5.41, 5.74) is 2.21. The number of nitrogens with zero attached hydrogens (tertiary/aromatic N) is 4. The van der Waals surface area contributed by atoms with Gasteiger partial charge in [-0.3, -0.25) is 0 Å². The van der Waals surface area contributed by atoms with Crippen LogP contribution >= 0.6 is 0 Å². The van der Waals surface area contributed by atoms with E-state index < -0.39 is 11.9 Å². The number of phenols is 2. The summed E-state index contributed by atoms with van der Waals surface area (Å²) in [4.78, 5) is 22.5. The lowest BCUT2D eigenvalue weighted by Gasteiger charge is -2.10. The Morgan fingerprint density at radius 2 is 0.975 bits per heavy atom. The van der Waals surface area contributed by atoms with Gasteiger partial charge in [0.05, 0.1) is 25.6 Å². The van der Waals surface area contributed by atoms with Crippen molar-refractivity contribution in [3.63, 3.8) is 0 Å². The van der Waals surface area contributed by atoms with Gasteiger partial charge in [-0.1, -0.05) is 12.1 Å². The Bertz CT molecular complexity index is 1540. The zero-order chi connectivity index (χ0) is 28.8. The number of benzene rings is 4. The van der Waals surface area contributed by atoms with Crippen LogP contribution in [0.3, 0.4) is 0 Å². The molecule has 12 nitrogen and oxygen atoms in total. The maximum absolute atomic E-state index is 11.2. The molecule has 202 valence electrons. The van der Waals surface area contributed by atoms with Crippen LogP contribution in [0, 0.1) is 0 Å². The van der Waals surface area contributed by atoms with E-state index in [9.17, 15) is 19.8 Å². The second-order valence-electron chi connectivity index (χ2n) is 8.19. The minimum Gasteiger partial charge on any atom is -0.507 e. The smallest absolute Gasteiger partial charge is 0.339 e. The van der Waals surface area contributed by atoms with Gasteiger partial charge in [0.2, 0.25) is 0 Å². The quantitative estimate of drug-likeness (QED) is 0.163. The van der Waals surface area contributed by atoms with Crippen molar-refractivity contribution < 1.29 is 39.5 Å². The number of rotatable bonds is 9. The van der Waals surface area contributed by atoms with Gasteiger partial charge in [-0.15, -0.1) is 10.2 Å². The molecule has 0 fully saturated rings. The van der Waals surface area contributed by atoms with Gasteiger partial charge in [0.25, 0.3) is 0 Å². The number of methoxy groups -OCH3 is 2. The lowest BCUT2D eigenvalue weighted by molar-refractivity contribution is 0.0682. The molecule has 0 bridgehead atoms. The van der Waals surface area contributed by atoms with Crippen LogP contribution in [-0.2, 0) is 0 Å². The fourth-order valence-corrected chi connectivity index (χ4v) is 3.62. The molecule has 4 aromatic carbocycles. The van der Waals surface area contributed by atoms with Crippen molar-refractivity contribution in [3.8, 4) is 34.1 Å². The summed E-state index contributed by atoms with van der Waals surface area (Å²) < 4.78 is 10.9. The van der Waals surface area contributed by atoms with E-state index in [2.05, 4.69) is 20.5 Å². The van der Waals surface area contributed by atoms with Crippen LogP contribution < -0.4 is 9.47 Å². The van der Waals surface area contributed by atoms with E-state index >= 15 is 0 Å². The Hall–Kier alpha value is -5.78. The molecule has 0 aliphatic heterocycles. The van der Waals surface area contributed by atoms with E-state index in [1.807, 2.05) is 0 Å². The van der Waals surface area contributed by atoms with Gasteiger partial charge < -0.3 is 29.9 Å². The number of ether oxygens (including phenoxy) is 2. The van der Waals surface area contributed by atoms with Gasteiger partial charge in [-0.05, 0) is 71.8 Å². The van der Waals surface area contributed by atoms with Gasteiger partial charge in [0.1, 0.15) is 45.5 Å². The summed E-state index contributed by atoms with van der Waals surface area (Å²) in [6, 6.07) is 18.2. The number of carboxylic acid groups (broad SMARTS) is 2. The summed E-state index contributed by atoms with van der Waals surface area (Å²) in [5, 5.41) is 54.1. The minimum absolute atomic E-state index is 0.238. The molecule has 0 spiro atoms. The third-order valence-electron chi connectivity index (χ3n) is 5.66. The van der Waals surface area contributed by atoms with Crippen LogP contribution in [0.1, 0.15) is 20.7 Å². The Morgan fingerprint density at radius 3 is 1.32 bits per heavy atom. The summed E-state index contributed by atoms with van der Waals surface area (Å²) in [6.07, 6.45) is 0. The number of hydrogen-bond donors (Lipinski definition) is 4. The summed E-state index contributed by atoms with van der Waals surface area (Å²) >= 11 is 0. The van der Waals surface area contributed by atoms with E-state index in [1.165, 1.54) is 50.6 Å². The third-order valence-corrected chi connectivity index (χ3v) is 5.66. The normalized spacial score (nSPS) is 11.2. The second-order valence-corrected chi connectivity index (χ2v) is 8.19. The molecule has 0 aromatic heterocycles. The van der Waals surface area contributed by atoms with Gasteiger partial charge in [0, 0.05) is 0 Å². The van der Waals surface area contributed by atoms with Gasteiger partial charge in [0.15, 0.2) is 0 Å². The minimum atomic E-state index is -1.29. The number of aromatic hydroxyl groups is 2. The van der Waals surface area contributed by atoms with Crippen LogP contribution in [-0.4, -0.2) is 46.6 Å². The van der Waals surface area contributed by atoms with E-state index in [-0.39, 0.29) is 34.0 Å². The van der Waals surface area contributed by atoms with Crippen molar-refractivity contribution >= 4 is 34.7 Å². The first-order valence-electron chi connectivity index (χ1n) is 11.5. The van der Waals surface area contributed by atoms with Crippen molar-refractivity contribution in [2.24, 2.45) is 20.5 Å². The molecule has 0 radical (unpaired) electrons. The van der Waals surface area contributed by atoms with Crippen LogP contribution in [0.25, 0.3) is 11.1 Å². The van der Waals surface area contributed by atoms with Gasteiger partial charge in [-0.25, -0.2) is 9.59 Å². The second kappa shape index (κ2) is 11.7. The lowest BCUT2D eigenvalue weighted by Crippen LogP contribution is -1.95. The standard InChI is InChI=1S/C28H22N4O8/c1-39-25-11-15(3-7-21(25)31-29-17-5-9-23(33)19(13-17)27(35)36)16-4-8-22(26(12-16)40-2)32-30-18-6-10-24(34)20(14-18)28(37)38/h3-14,33-34H,1-2H3,(H,35,36)(H,37,38). The van der Waals surface area contributed by atoms with Crippen molar-refractivity contribution in [3.05, 3.63) is 83.9 Å². The molecule has 0 aliphatic rings. The summed E-state index contributed by atoms with van der Waals surface area (Å²) in [7, 11) is 2.95. The van der Waals surface area contributed by atoms with E-state index in [0.717, 1.165) is 11.1 Å². The highest BCUT2D eigenvalue weighted by Crippen LogP contribution is 2.38. The average molecular weight is 543 g/mol. The Morgan fingerprint density at radius 1 is 0.575 bits per heavy atom.